The maximum atomic E-state index is 5.39. The molecule has 2 heteroatoms. The summed E-state index contributed by atoms with van der Waals surface area (Å²) in [5.74, 6) is 0. The first-order valence-corrected chi connectivity index (χ1v) is 5.81. The fourth-order valence-corrected chi connectivity index (χ4v) is 2.37. The molecule has 1 atom stereocenters. The minimum absolute atomic E-state index is 0.0152. The summed E-state index contributed by atoms with van der Waals surface area (Å²) in [6.07, 6.45) is 4.47. The van der Waals surface area contributed by atoms with Crippen molar-refractivity contribution in [1.29, 1.82) is 0 Å². The Hall–Kier alpha value is -1.12. The second kappa shape index (κ2) is 4.81. The van der Waals surface area contributed by atoms with Crippen LogP contribution < -0.4 is 5.32 Å². The molecule has 1 aliphatic rings. The first kappa shape index (κ1) is 11.4. The molecule has 0 radical (unpaired) electrons. The summed E-state index contributed by atoms with van der Waals surface area (Å²) in [7, 11) is 1.77. The number of nitrogens with one attached hydrogen (secondary N) is 1. The maximum Gasteiger partial charge on any atom is 0.0606 e. The molecule has 0 saturated carbocycles. The van der Waals surface area contributed by atoms with Crippen molar-refractivity contribution in [1.82, 2.24) is 5.32 Å². The number of rotatable bonds is 5. The molecule has 0 aromatic heterocycles. The summed E-state index contributed by atoms with van der Waals surface area (Å²) in [5, 5.41) is 3.43. The molecule has 1 aromatic carbocycles. The summed E-state index contributed by atoms with van der Waals surface area (Å²) < 4.78 is 5.39. The number of methoxy groups -OCH3 is 1. The number of benzene rings is 1. The van der Waals surface area contributed by atoms with Crippen LogP contribution in [0, 0.1) is 0 Å². The highest BCUT2D eigenvalue weighted by molar-refractivity contribution is 5.65. The second-order valence-corrected chi connectivity index (χ2v) is 4.29. The molecule has 0 heterocycles. The molecule has 0 aliphatic heterocycles. The van der Waals surface area contributed by atoms with Crippen LogP contribution in [0.5, 0.6) is 0 Å². The van der Waals surface area contributed by atoms with Crippen molar-refractivity contribution < 1.29 is 4.74 Å². The monoisotopic (exact) mass is 217 g/mol. The lowest BCUT2D eigenvalue weighted by Crippen LogP contribution is -2.39. The number of hydrogen-bond acceptors (Lipinski definition) is 2. The Morgan fingerprint density at radius 2 is 2.12 bits per heavy atom. The molecule has 0 spiro atoms. The van der Waals surface area contributed by atoms with Gasteiger partial charge in [-0.3, -0.25) is 0 Å². The molecule has 1 unspecified atom stereocenters. The van der Waals surface area contributed by atoms with Gasteiger partial charge in [0.25, 0.3) is 0 Å². The highest BCUT2D eigenvalue weighted by Crippen LogP contribution is 2.35. The van der Waals surface area contributed by atoms with Crippen molar-refractivity contribution in [3.63, 3.8) is 0 Å². The topological polar surface area (TPSA) is 21.3 Å². The van der Waals surface area contributed by atoms with Gasteiger partial charge in [-0.15, -0.1) is 0 Å². The Morgan fingerprint density at radius 3 is 2.88 bits per heavy atom. The smallest absolute Gasteiger partial charge is 0.0606 e. The zero-order valence-corrected chi connectivity index (χ0v) is 9.99. The Balaban J connectivity index is 2.31. The highest BCUT2D eigenvalue weighted by Gasteiger charge is 2.34. The lowest BCUT2D eigenvalue weighted by Gasteiger charge is -2.28. The third-order valence-corrected chi connectivity index (χ3v) is 3.17. The zero-order chi connectivity index (χ0) is 11.4. The third kappa shape index (κ3) is 1.91. The van der Waals surface area contributed by atoms with Crippen molar-refractivity contribution >= 4 is 6.08 Å². The van der Waals surface area contributed by atoms with Gasteiger partial charge in [0.05, 0.1) is 6.61 Å². The van der Waals surface area contributed by atoms with Gasteiger partial charge in [0, 0.05) is 19.1 Å². The minimum Gasteiger partial charge on any atom is -0.383 e. The van der Waals surface area contributed by atoms with Crippen LogP contribution in [0.3, 0.4) is 0 Å². The van der Waals surface area contributed by atoms with Gasteiger partial charge in [-0.2, -0.15) is 0 Å². The third-order valence-electron chi connectivity index (χ3n) is 3.17. The van der Waals surface area contributed by atoms with E-state index in [4.69, 9.17) is 4.74 Å². The summed E-state index contributed by atoms with van der Waals surface area (Å²) in [6.45, 7) is 4.78. The molecule has 1 N–H and O–H groups in total. The van der Waals surface area contributed by atoms with E-state index in [1.165, 1.54) is 11.1 Å². The van der Waals surface area contributed by atoms with Crippen molar-refractivity contribution in [3.05, 3.63) is 41.5 Å². The number of fused-ring (bicyclic) bond motifs is 1. The average Bonchev–Trinajstić information content (AvgIpc) is 2.68. The summed E-state index contributed by atoms with van der Waals surface area (Å²) in [6, 6.07) is 8.54. The quantitative estimate of drug-likeness (QED) is 0.816. The minimum atomic E-state index is 0.0152. The maximum absolute atomic E-state index is 5.39. The van der Waals surface area contributed by atoms with Crippen LogP contribution in [0.25, 0.3) is 6.08 Å². The number of ether oxygens (including phenoxy) is 1. The van der Waals surface area contributed by atoms with E-state index < -0.39 is 0 Å². The summed E-state index contributed by atoms with van der Waals surface area (Å²) in [5.41, 5.74) is 2.71. The Bertz CT molecular complexity index is 386. The van der Waals surface area contributed by atoms with Gasteiger partial charge in [-0.25, -0.2) is 0 Å². The van der Waals surface area contributed by atoms with Gasteiger partial charge in [-0.1, -0.05) is 43.3 Å². The zero-order valence-electron chi connectivity index (χ0n) is 9.99. The van der Waals surface area contributed by atoms with Crippen molar-refractivity contribution in [2.75, 3.05) is 26.8 Å². The molecule has 2 rings (SSSR count). The molecule has 1 aliphatic carbocycles. The molecule has 0 bridgehead atoms. The molecule has 16 heavy (non-hydrogen) atoms. The second-order valence-electron chi connectivity index (χ2n) is 4.29. The van der Waals surface area contributed by atoms with E-state index in [2.05, 4.69) is 48.7 Å². The Kier molecular flexibility index (Phi) is 3.42. The van der Waals surface area contributed by atoms with Gasteiger partial charge in [0.15, 0.2) is 0 Å². The van der Waals surface area contributed by atoms with Crippen molar-refractivity contribution in [2.24, 2.45) is 0 Å². The van der Waals surface area contributed by atoms with Crippen molar-refractivity contribution in [3.8, 4) is 0 Å². The van der Waals surface area contributed by atoms with Gasteiger partial charge in [-0.05, 0) is 17.7 Å². The summed E-state index contributed by atoms with van der Waals surface area (Å²) in [4.78, 5) is 0. The van der Waals surface area contributed by atoms with Gasteiger partial charge < -0.3 is 10.1 Å². The van der Waals surface area contributed by atoms with Crippen LogP contribution >= 0.6 is 0 Å². The van der Waals surface area contributed by atoms with Gasteiger partial charge in [0.2, 0.25) is 0 Å². The fourth-order valence-electron chi connectivity index (χ4n) is 2.37. The predicted octanol–water partition coefficient (Wildman–Crippen LogP) is 2.21. The normalized spacial score (nSPS) is 22.4. The van der Waals surface area contributed by atoms with Crippen molar-refractivity contribution in [2.45, 2.75) is 12.3 Å². The molecule has 86 valence electrons. The van der Waals surface area contributed by atoms with Crippen LogP contribution in [0.15, 0.2) is 30.3 Å². The molecule has 0 saturated heterocycles. The average molecular weight is 217 g/mol. The molecular formula is C14H19NO. The largest absolute Gasteiger partial charge is 0.383 e. The van der Waals surface area contributed by atoms with Gasteiger partial charge in [0.1, 0.15) is 0 Å². The summed E-state index contributed by atoms with van der Waals surface area (Å²) >= 11 is 0. The van der Waals surface area contributed by atoms with Crippen LogP contribution in [0.1, 0.15) is 18.1 Å². The molecule has 0 amide bonds. The molecule has 0 fully saturated rings. The SMILES string of the molecule is CCNCC1(COC)C=Cc2ccccc21. The van der Waals surface area contributed by atoms with E-state index >= 15 is 0 Å². The van der Waals surface area contributed by atoms with Crippen LogP contribution in [-0.2, 0) is 10.2 Å². The standard InChI is InChI=1S/C14H19NO/c1-3-15-10-14(11-16-2)9-8-12-6-4-5-7-13(12)14/h4-9,15H,3,10-11H2,1-2H3. The molecular weight excluding hydrogens is 198 g/mol. The van der Waals surface area contributed by atoms with Gasteiger partial charge >= 0.3 is 0 Å². The van der Waals surface area contributed by atoms with Crippen LogP contribution in [0.2, 0.25) is 0 Å². The first-order chi connectivity index (χ1) is 7.82. The van der Waals surface area contributed by atoms with Crippen LogP contribution in [0.4, 0.5) is 0 Å². The van der Waals surface area contributed by atoms with E-state index in [9.17, 15) is 0 Å². The lowest BCUT2D eigenvalue weighted by atomic mass is 9.83. The predicted molar refractivity (Wildman–Crippen MR) is 67.6 cm³/mol. The Labute approximate surface area is 97.3 Å². The first-order valence-electron chi connectivity index (χ1n) is 5.81. The van der Waals surface area contributed by atoms with E-state index in [1.54, 1.807) is 7.11 Å². The van der Waals surface area contributed by atoms with E-state index in [-0.39, 0.29) is 5.41 Å². The lowest BCUT2D eigenvalue weighted by molar-refractivity contribution is 0.151. The van der Waals surface area contributed by atoms with E-state index in [0.29, 0.717) is 0 Å². The fraction of sp³-hybridized carbons (Fsp3) is 0.429. The number of likely N-dealkylation sites (N-methyl/N-ethyl adjacent to an activating group) is 1. The Morgan fingerprint density at radius 1 is 1.31 bits per heavy atom. The number of hydrogen-bond donors (Lipinski definition) is 1. The van der Waals surface area contributed by atoms with E-state index in [1.807, 2.05) is 0 Å². The van der Waals surface area contributed by atoms with Crippen LogP contribution in [-0.4, -0.2) is 26.8 Å². The van der Waals surface area contributed by atoms with E-state index in [0.717, 1.165) is 19.7 Å². The molecule has 1 aromatic rings. The highest BCUT2D eigenvalue weighted by atomic mass is 16.5. The molecule has 2 nitrogen and oxygen atoms in total.